The third-order valence-corrected chi connectivity index (χ3v) is 1.94. The largest absolute Gasteiger partial charge is 0.376 e. The second kappa shape index (κ2) is 4.41. The monoisotopic (exact) mass is 216 g/mol. The highest BCUT2D eigenvalue weighted by atomic mass is 32.1. The first-order valence-electron chi connectivity index (χ1n) is 4.09. The number of hydrogen-bond acceptors (Lipinski definition) is 3. The topological polar surface area (TPSA) is 85.6 Å². The van der Waals surface area contributed by atoms with Crippen molar-refractivity contribution in [3.8, 4) is 12.1 Å². The van der Waals surface area contributed by atoms with E-state index in [-0.39, 0.29) is 5.11 Å². The van der Waals surface area contributed by atoms with E-state index >= 15 is 0 Å². The zero-order chi connectivity index (χ0) is 11.4. The summed E-state index contributed by atoms with van der Waals surface area (Å²) < 4.78 is 0. The fraction of sp³-hybridized carbons (Fsp3) is 0.100. The van der Waals surface area contributed by atoms with Gasteiger partial charge < -0.3 is 11.1 Å². The smallest absolute Gasteiger partial charge is 0.168 e. The van der Waals surface area contributed by atoms with Gasteiger partial charge in [-0.05, 0) is 36.8 Å². The van der Waals surface area contributed by atoms with E-state index in [4.69, 9.17) is 28.5 Å². The molecule has 1 rings (SSSR count). The molecule has 15 heavy (non-hydrogen) atoms. The SMILES string of the molecule is Cc1cc(C#N)cc(C#N)c1NC(N)=S. The first kappa shape index (κ1) is 11.0. The first-order valence-corrected chi connectivity index (χ1v) is 4.50. The van der Waals surface area contributed by atoms with Crippen LogP contribution >= 0.6 is 12.2 Å². The minimum atomic E-state index is 0.0966. The van der Waals surface area contributed by atoms with Crippen molar-refractivity contribution in [3.05, 3.63) is 28.8 Å². The summed E-state index contributed by atoms with van der Waals surface area (Å²) in [5, 5.41) is 20.4. The number of nitrogens with one attached hydrogen (secondary N) is 1. The normalized spacial score (nSPS) is 8.73. The number of aryl methyl sites for hydroxylation is 1. The Kier molecular flexibility index (Phi) is 3.22. The molecule has 0 aliphatic heterocycles. The molecule has 0 radical (unpaired) electrons. The van der Waals surface area contributed by atoms with Gasteiger partial charge >= 0.3 is 0 Å². The molecule has 1 aromatic rings. The third-order valence-electron chi connectivity index (χ3n) is 1.83. The van der Waals surface area contributed by atoms with Crippen molar-refractivity contribution >= 4 is 23.0 Å². The van der Waals surface area contributed by atoms with Crippen molar-refractivity contribution in [2.75, 3.05) is 5.32 Å². The number of benzene rings is 1. The van der Waals surface area contributed by atoms with Gasteiger partial charge in [0.2, 0.25) is 0 Å². The molecule has 5 heteroatoms. The van der Waals surface area contributed by atoms with E-state index in [0.29, 0.717) is 16.8 Å². The van der Waals surface area contributed by atoms with Crippen LogP contribution in [-0.2, 0) is 0 Å². The predicted octanol–water partition coefficient (Wildman–Crippen LogP) is 1.39. The minimum absolute atomic E-state index is 0.0966. The van der Waals surface area contributed by atoms with Gasteiger partial charge in [0.25, 0.3) is 0 Å². The molecule has 0 aliphatic carbocycles. The third kappa shape index (κ3) is 2.43. The average molecular weight is 216 g/mol. The second-order valence-electron chi connectivity index (χ2n) is 2.93. The number of hydrogen-bond donors (Lipinski definition) is 2. The summed E-state index contributed by atoms with van der Waals surface area (Å²) in [7, 11) is 0. The van der Waals surface area contributed by atoms with Gasteiger partial charge in [-0.25, -0.2) is 0 Å². The van der Waals surface area contributed by atoms with Crippen LogP contribution in [0.4, 0.5) is 5.69 Å². The molecule has 0 saturated heterocycles. The van der Waals surface area contributed by atoms with Crippen LogP contribution in [0.1, 0.15) is 16.7 Å². The molecule has 0 saturated carbocycles. The molecule has 0 aliphatic rings. The van der Waals surface area contributed by atoms with Crippen molar-refractivity contribution in [1.82, 2.24) is 0 Å². The molecule has 0 amide bonds. The van der Waals surface area contributed by atoms with E-state index in [1.807, 2.05) is 12.1 Å². The molecule has 0 heterocycles. The van der Waals surface area contributed by atoms with E-state index in [0.717, 1.165) is 5.56 Å². The maximum absolute atomic E-state index is 8.89. The minimum Gasteiger partial charge on any atom is -0.376 e. The lowest BCUT2D eigenvalue weighted by Gasteiger charge is -2.09. The van der Waals surface area contributed by atoms with Gasteiger partial charge in [-0.1, -0.05) is 0 Å². The Morgan fingerprint density at radius 3 is 2.53 bits per heavy atom. The number of thiocarbonyl (C=S) groups is 1. The predicted molar refractivity (Wildman–Crippen MR) is 61.0 cm³/mol. The van der Waals surface area contributed by atoms with E-state index in [2.05, 4.69) is 5.32 Å². The number of anilines is 1. The molecule has 74 valence electrons. The van der Waals surface area contributed by atoms with Crippen molar-refractivity contribution < 1.29 is 0 Å². The highest BCUT2D eigenvalue weighted by Crippen LogP contribution is 2.21. The van der Waals surface area contributed by atoms with E-state index in [1.165, 1.54) is 6.07 Å². The maximum atomic E-state index is 8.89. The number of rotatable bonds is 1. The molecular formula is C10H8N4S. The quantitative estimate of drug-likeness (QED) is 0.693. The van der Waals surface area contributed by atoms with Crippen LogP contribution in [-0.4, -0.2) is 5.11 Å². The van der Waals surface area contributed by atoms with Crippen LogP contribution in [0.15, 0.2) is 12.1 Å². The summed E-state index contributed by atoms with van der Waals surface area (Å²) in [4.78, 5) is 0. The second-order valence-corrected chi connectivity index (χ2v) is 3.37. The molecule has 0 fully saturated rings. The Morgan fingerprint density at radius 1 is 1.40 bits per heavy atom. The van der Waals surface area contributed by atoms with Crippen molar-refractivity contribution in [2.24, 2.45) is 5.73 Å². The molecule has 0 bridgehead atoms. The summed E-state index contributed by atoms with van der Waals surface area (Å²) >= 11 is 4.70. The molecule has 0 unspecified atom stereocenters. The van der Waals surface area contributed by atoms with Crippen LogP contribution in [0.25, 0.3) is 0 Å². The Bertz CT molecular complexity index is 493. The number of nitrogens with two attached hydrogens (primary N) is 1. The molecule has 0 aromatic heterocycles. The Balaban J connectivity index is 3.34. The number of nitrogens with zero attached hydrogens (tertiary/aromatic N) is 2. The van der Waals surface area contributed by atoms with Crippen LogP contribution in [0.3, 0.4) is 0 Å². The summed E-state index contributed by atoms with van der Waals surface area (Å²) in [5.41, 5.74) is 7.46. The molecule has 3 N–H and O–H groups in total. The molecule has 1 aromatic carbocycles. The van der Waals surface area contributed by atoms with E-state index in [1.54, 1.807) is 13.0 Å². The molecule has 0 spiro atoms. The lowest BCUT2D eigenvalue weighted by atomic mass is 10.0. The molecular weight excluding hydrogens is 208 g/mol. The van der Waals surface area contributed by atoms with Crippen LogP contribution in [0, 0.1) is 29.6 Å². The standard InChI is InChI=1S/C10H8N4S/c1-6-2-7(4-11)3-8(5-12)9(6)14-10(13)15/h2-3H,1H3,(H3,13,14,15). The lowest BCUT2D eigenvalue weighted by Crippen LogP contribution is -2.20. The van der Waals surface area contributed by atoms with Gasteiger partial charge in [-0.15, -0.1) is 0 Å². The summed E-state index contributed by atoms with van der Waals surface area (Å²) in [6.07, 6.45) is 0. The van der Waals surface area contributed by atoms with Gasteiger partial charge in [-0.2, -0.15) is 10.5 Å². The van der Waals surface area contributed by atoms with E-state index < -0.39 is 0 Å². The number of nitriles is 2. The maximum Gasteiger partial charge on any atom is 0.168 e. The van der Waals surface area contributed by atoms with Gasteiger partial charge in [0.05, 0.1) is 22.9 Å². The lowest BCUT2D eigenvalue weighted by molar-refractivity contribution is 1.38. The van der Waals surface area contributed by atoms with Gasteiger partial charge in [-0.3, -0.25) is 0 Å². The van der Waals surface area contributed by atoms with Crippen molar-refractivity contribution in [2.45, 2.75) is 6.92 Å². The molecule has 0 atom stereocenters. The summed E-state index contributed by atoms with van der Waals surface area (Å²) in [6, 6.07) is 7.13. The zero-order valence-corrected chi connectivity index (χ0v) is 8.85. The highest BCUT2D eigenvalue weighted by Gasteiger charge is 2.08. The Labute approximate surface area is 92.9 Å². The van der Waals surface area contributed by atoms with Crippen LogP contribution in [0.5, 0.6) is 0 Å². The average Bonchev–Trinajstić information content (AvgIpc) is 2.20. The van der Waals surface area contributed by atoms with E-state index in [9.17, 15) is 0 Å². The fourth-order valence-corrected chi connectivity index (χ4v) is 1.33. The Hall–Kier alpha value is -2.11. The van der Waals surface area contributed by atoms with Crippen LogP contribution < -0.4 is 11.1 Å². The fourth-order valence-electron chi connectivity index (χ4n) is 1.23. The van der Waals surface area contributed by atoms with Gasteiger partial charge in [0.15, 0.2) is 5.11 Å². The van der Waals surface area contributed by atoms with Crippen molar-refractivity contribution in [1.29, 1.82) is 10.5 Å². The van der Waals surface area contributed by atoms with Gasteiger partial charge in [0.1, 0.15) is 6.07 Å². The highest BCUT2D eigenvalue weighted by molar-refractivity contribution is 7.80. The first-order chi connectivity index (χ1) is 7.08. The van der Waals surface area contributed by atoms with Crippen molar-refractivity contribution in [3.63, 3.8) is 0 Å². The summed E-state index contributed by atoms with van der Waals surface area (Å²) in [5.74, 6) is 0. The Morgan fingerprint density at radius 2 is 2.07 bits per heavy atom. The van der Waals surface area contributed by atoms with Crippen LogP contribution in [0.2, 0.25) is 0 Å². The molecule has 4 nitrogen and oxygen atoms in total. The zero-order valence-electron chi connectivity index (χ0n) is 8.03. The summed E-state index contributed by atoms with van der Waals surface area (Å²) in [6.45, 7) is 1.78. The van der Waals surface area contributed by atoms with Gasteiger partial charge in [0, 0.05) is 0 Å².